The van der Waals surface area contributed by atoms with Crippen molar-refractivity contribution in [2.24, 2.45) is 0 Å². The topological polar surface area (TPSA) is 32.3 Å². The van der Waals surface area contributed by atoms with Gasteiger partial charge in [-0.15, -0.1) is 0 Å². The maximum Gasteiger partial charge on any atom is 0.0706 e. The molecule has 174 valence electrons. The summed E-state index contributed by atoms with van der Waals surface area (Å²) < 4.78 is 0. The van der Waals surface area contributed by atoms with Crippen molar-refractivity contribution in [3.05, 3.63) is 95.3 Å². The lowest BCUT2D eigenvalue weighted by atomic mass is 10.0. The van der Waals surface area contributed by atoms with Crippen molar-refractivity contribution in [3.63, 3.8) is 0 Å². The van der Waals surface area contributed by atoms with Gasteiger partial charge in [-0.05, 0) is 63.1 Å². The number of likely N-dealkylation sites (N-methyl/N-ethyl adjacent to an activating group) is 2. The molecule has 0 saturated heterocycles. The van der Waals surface area contributed by atoms with Gasteiger partial charge in [-0.1, -0.05) is 47.5 Å². The summed E-state index contributed by atoms with van der Waals surface area (Å²) in [6.45, 7) is 10.3. The van der Waals surface area contributed by atoms with E-state index in [2.05, 4.69) is 112 Å². The van der Waals surface area contributed by atoms with Crippen molar-refractivity contribution >= 4 is 11.4 Å². The standard InChI is InChI=1S/C30H34N4/c1-21-7-11-27(23(3)17-21)29-13-9-25(19-31-29)33(5)15-16-34(6)26-10-14-30(32-20-26)28-12-8-22(2)18-24(28)4/h7-14,17-20H,15-16H2,1-6H3. The van der Waals surface area contributed by atoms with Gasteiger partial charge in [0.2, 0.25) is 0 Å². The van der Waals surface area contributed by atoms with Crippen molar-refractivity contribution in [1.29, 1.82) is 0 Å². The number of hydrogen-bond donors (Lipinski definition) is 0. The number of benzene rings is 2. The van der Waals surface area contributed by atoms with E-state index in [1.54, 1.807) is 0 Å². The first kappa shape index (κ1) is 23.5. The van der Waals surface area contributed by atoms with E-state index in [4.69, 9.17) is 9.97 Å². The van der Waals surface area contributed by atoms with E-state index in [0.717, 1.165) is 35.9 Å². The number of aryl methyl sites for hydroxylation is 4. The SMILES string of the molecule is Cc1ccc(-c2ccc(N(C)CCN(C)c3ccc(-c4ccc(C)cc4C)nc3)cn2)c(C)c1. The Hall–Kier alpha value is -3.66. The Labute approximate surface area is 203 Å². The maximum absolute atomic E-state index is 4.73. The Kier molecular flexibility index (Phi) is 6.97. The number of nitrogens with zero attached hydrogens (tertiary/aromatic N) is 4. The van der Waals surface area contributed by atoms with Crippen LogP contribution in [0.3, 0.4) is 0 Å². The molecule has 0 aliphatic rings. The summed E-state index contributed by atoms with van der Waals surface area (Å²) in [7, 11) is 4.23. The molecule has 0 atom stereocenters. The van der Waals surface area contributed by atoms with Crippen LogP contribution in [0.15, 0.2) is 73.1 Å². The molecule has 0 aliphatic heterocycles. The molecule has 0 spiro atoms. The third-order valence-corrected chi connectivity index (χ3v) is 6.46. The molecule has 2 aromatic heterocycles. The first-order valence-electron chi connectivity index (χ1n) is 11.8. The zero-order valence-corrected chi connectivity index (χ0v) is 21.1. The lowest BCUT2D eigenvalue weighted by molar-refractivity contribution is 0.829. The Morgan fingerprint density at radius 2 is 0.971 bits per heavy atom. The number of pyridine rings is 2. The lowest BCUT2D eigenvalue weighted by Gasteiger charge is -2.25. The number of anilines is 2. The van der Waals surface area contributed by atoms with Crippen molar-refractivity contribution < 1.29 is 0 Å². The molecule has 4 rings (SSSR count). The quantitative estimate of drug-likeness (QED) is 0.317. The highest BCUT2D eigenvalue weighted by atomic mass is 15.2. The fourth-order valence-corrected chi connectivity index (χ4v) is 4.30. The predicted molar refractivity (Wildman–Crippen MR) is 145 cm³/mol. The van der Waals surface area contributed by atoms with Crippen LogP contribution in [0, 0.1) is 27.7 Å². The molecule has 0 bridgehead atoms. The average molecular weight is 451 g/mol. The number of aromatic nitrogens is 2. The van der Waals surface area contributed by atoms with Gasteiger partial charge in [0.15, 0.2) is 0 Å². The van der Waals surface area contributed by atoms with Crippen LogP contribution in [-0.4, -0.2) is 37.2 Å². The van der Waals surface area contributed by atoms with Crippen molar-refractivity contribution in [2.45, 2.75) is 27.7 Å². The van der Waals surface area contributed by atoms with Gasteiger partial charge in [-0.25, -0.2) is 0 Å². The minimum Gasteiger partial charge on any atom is -0.372 e. The maximum atomic E-state index is 4.73. The smallest absolute Gasteiger partial charge is 0.0706 e. The van der Waals surface area contributed by atoms with E-state index in [1.807, 2.05) is 12.4 Å². The highest BCUT2D eigenvalue weighted by Gasteiger charge is 2.09. The van der Waals surface area contributed by atoms with Gasteiger partial charge in [0.05, 0.1) is 35.2 Å². The molecular formula is C30H34N4. The Morgan fingerprint density at radius 3 is 1.29 bits per heavy atom. The Bertz CT molecular complexity index is 1160. The van der Waals surface area contributed by atoms with Crippen LogP contribution in [0.4, 0.5) is 11.4 Å². The molecule has 4 aromatic rings. The number of hydrogen-bond acceptors (Lipinski definition) is 4. The summed E-state index contributed by atoms with van der Waals surface area (Å²) in [4.78, 5) is 13.9. The van der Waals surface area contributed by atoms with E-state index < -0.39 is 0 Å². The average Bonchev–Trinajstić information content (AvgIpc) is 2.83. The van der Waals surface area contributed by atoms with Gasteiger partial charge in [0.1, 0.15) is 0 Å². The highest BCUT2D eigenvalue weighted by Crippen LogP contribution is 2.25. The molecule has 0 N–H and O–H groups in total. The summed E-state index contributed by atoms with van der Waals surface area (Å²) >= 11 is 0. The van der Waals surface area contributed by atoms with E-state index in [0.29, 0.717) is 0 Å². The number of rotatable bonds is 7. The van der Waals surface area contributed by atoms with E-state index >= 15 is 0 Å². The molecule has 2 heterocycles. The predicted octanol–water partition coefficient (Wildman–Crippen LogP) is 6.62. The second kappa shape index (κ2) is 10.1. The summed E-state index contributed by atoms with van der Waals surface area (Å²) in [5, 5.41) is 0. The fourth-order valence-electron chi connectivity index (χ4n) is 4.30. The van der Waals surface area contributed by atoms with Gasteiger partial charge < -0.3 is 9.80 Å². The Balaban J connectivity index is 1.37. The summed E-state index contributed by atoms with van der Waals surface area (Å²) in [5.74, 6) is 0. The van der Waals surface area contributed by atoms with Crippen LogP contribution >= 0.6 is 0 Å². The largest absolute Gasteiger partial charge is 0.372 e. The Morgan fingerprint density at radius 1 is 0.559 bits per heavy atom. The van der Waals surface area contributed by atoms with Gasteiger partial charge in [0, 0.05) is 38.3 Å². The van der Waals surface area contributed by atoms with Gasteiger partial charge in [-0.2, -0.15) is 0 Å². The van der Waals surface area contributed by atoms with Crippen LogP contribution in [0.25, 0.3) is 22.5 Å². The van der Waals surface area contributed by atoms with Crippen LogP contribution in [0.2, 0.25) is 0 Å². The molecule has 0 aliphatic carbocycles. The monoisotopic (exact) mass is 450 g/mol. The molecule has 2 aromatic carbocycles. The minimum atomic E-state index is 0.889. The normalized spacial score (nSPS) is 10.9. The minimum absolute atomic E-state index is 0.889. The van der Waals surface area contributed by atoms with Gasteiger partial charge in [-0.3, -0.25) is 9.97 Å². The molecule has 0 unspecified atom stereocenters. The van der Waals surface area contributed by atoms with Crippen molar-refractivity contribution in [1.82, 2.24) is 9.97 Å². The van der Waals surface area contributed by atoms with Crippen molar-refractivity contribution in [2.75, 3.05) is 37.0 Å². The van der Waals surface area contributed by atoms with Crippen LogP contribution < -0.4 is 9.80 Å². The first-order chi connectivity index (χ1) is 16.3. The third kappa shape index (κ3) is 5.28. The van der Waals surface area contributed by atoms with Crippen molar-refractivity contribution in [3.8, 4) is 22.5 Å². The molecule has 4 heteroatoms. The lowest BCUT2D eigenvalue weighted by Crippen LogP contribution is -2.30. The molecule has 0 saturated carbocycles. The summed E-state index contributed by atoms with van der Waals surface area (Å²) in [5.41, 5.74) is 11.7. The molecule has 0 fully saturated rings. The zero-order valence-electron chi connectivity index (χ0n) is 21.1. The van der Waals surface area contributed by atoms with Crippen LogP contribution in [0.5, 0.6) is 0 Å². The molecule has 0 amide bonds. The zero-order chi connectivity index (χ0) is 24.2. The van der Waals surface area contributed by atoms with E-state index in [1.165, 1.54) is 33.4 Å². The van der Waals surface area contributed by atoms with E-state index in [9.17, 15) is 0 Å². The third-order valence-electron chi connectivity index (χ3n) is 6.46. The fraction of sp³-hybridized carbons (Fsp3) is 0.267. The molecule has 0 radical (unpaired) electrons. The second-order valence-electron chi connectivity index (χ2n) is 9.28. The summed E-state index contributed by atoms with van der Waals surface area (Å²) in [6.07, 6.45) is 3.93. The van der Waals surface area contributed by atoms with Crippen LogP contribution in [-0.2, 0) is 0 Å². The molecule has 34 heavy (non-hydrogen) atoms. The highest BCUT2D eigenvalue weighted by molar-refractivity contribution is 5.66. The summed E-state index contributed by atoms with van der Waals surface area (Å²) in [6, 6.07) is 21.5. The van der Waals surface area contributed by atoms with Crippen LogP contribution in [0.1, 0.15) is 22.3 Å². The molecular weight excluding hydrogens is 416 g/mol. The van der Waals surface area contributed by atoms with Gasteiger partial charge in [0.25, 0.3) is 0 Å². The van der Waals surface area contributed by atoms with E-state index in [-0.39, 0.29) is 0 Å². The molecule has 4 nitrogen and oxygen atoms in total. The second-order valence-corrected chi connectivity index (χ2v) is 9.28. The van der Waals surface area contributed by atoms with Gasteiger partial charge >= 0.3 is 0 Å². The first-order valence-corrected chi connectivity index (χ1v) is 11.8.